The maximum atomic E-state index is 12.2. The minimum absolute atomic E-state index is 0.0961. The van der Waals surface area contributed by atoms with Crippen LogP contribution < -0.4 is 5.73 Å². The van der Waals surface area contributed by atoms with E-state index in [2.05, 4.69) is 27.7 Å². The molecular weight excluding hydrogens is 386 g/mol. The molecule has 0 aromatic heterocycles. The van der Waals surface area contributed by atoms with Crippen molar-refractivity contribution >= 4 is 5.78 Å². The number of fused-ring (bicyclic) bond motifs is 7. The lowest BCUT2D eigenvalue weighted by molar-refractivity contribution is -0.273. The highest BCUT2D eigenvalue weighted by Crippen LogP contribution is 2.71. The molecule has 4 heteroatoms. The van der Waals surface area contributed by atoms with Gasteiger partial charge in [0.15, 0.2) is 5.79 Å². The van der Waals surface area contributed by atoms with Gasteiger partial charge in [0.05, 0.1) is 12.7 Å². The monoisotopic (exact) mass is 429 g/mol. The fourth-order valence-corrected chi connectivity index (χ4v) is 10.3. The van der Waals surface area contributed by atoms with Crippen molar-refractivity contribution in [3.63, 3.8) is 0 Å². The molecule has 0 radical (unpaired) electrons. The predicted molar refractivity (Wildman–Crippen MR) is 120 cm³/mol. The fraction of sp³-hybridized carbons (Fsp3) is 0.963. The summed E-state index contributed by atoms with van der Waals surface area (Å²) < 4.78 is 13.3. The van der Waals surface area contributed by atoms with Gasteiger partial charge in [-0.05, 0) is 85.4 Å². The molecule has 2 N–H and O–H groups in total. The van der Waals surface area contributed by atoms with Crippen LogP contribution in [0.3, 0.4) is 0 Å². The molecule has 1 unspecified atom stereocenters. The Hall–Kier alpha value is -0.450. The van der Waals surface area contributed by atoms with Crippen LogP contribution in [0.5, 0.6) is 0 Å². The van der Waals surface area contributed by atoms with Gasteiger partial charge in [0.25, 0.3) is 0 Å². The predicted octanol–water partition coefficient (Wildman–Crippen LogP) is 5.08. The molecule has 2 saturated heterocycles. The molecule has 6 fully saturated rings. The number of ketones is 1. The average molecular weight is 430 g/mol. The highest BCUT2D eigenvalue weighted by atomic mass is 16.7. The lowest BCUT2D eigenvalue weighted by atomic mass is 9.41. The Morgan fingerprint density at radius 2 is 1.77 bits per heavy atom. The van der Waals surface area contributed by atoms with Gasteiger partial charge in [0.1, 0.15) is 5.78 Å². The number of nitrogens with two attached hydrogens (primary N) is 1. The first-order valence-electron chi connectivity index (χ1n) is 13.2. The van der Waals surface area contributed by atoms with E-state index >= 15 is 0 Å². The summed E-state index contributed by atoms with van der Waals surface area (Å²) in [5, 5.41) is 0. The quantitative estimate of drug-likeness (QED) is 0.583. The number of carbonyl (C=O) groups is 1. The van der Waals surface area contributed by atoms with E-state index in [1.165, 1.54) is 19.3 Å². The Bertz CT molecular complexity index is 774. The number of carbonyl (C=O) groups excluding carboxylic acids is 1. The topological polar surface area (TPSA) is 61.5 Å². The van der Waals surface area contributed by atoms with Gasteiger partial charge in [-0.2, -0.15) is 0 Å². The Morgan fingerprint density at radius 3 is 2.52 bits per heavy atom. The van der Waals surface area contributed by atoms with Crippen LogP contribution >= 0.6 is 0 Å². The van der Waals surface area contributed by atoms with Gasteiger partial charge in [0.2, 0.25) is 0 Å². The molecule has 4 saturated carbocycles. The first-order chi connectivity index (χ1) is 14.6. The second-order valence-electron chi connectivity index (χ2n) is 13.2. The zero-order chi connectivity index (χ0) is 21.8. The highest BCUT2D eigenvalue weighted by Gasteiger charge is 2.72. The summed E-state index contributed by atoms with van der Waals surface area (Å²) >= 11 is 0. The Balaban J connectivity index is 1.30. The van der Waals surface area contributed by atoms with E-state index in [1.54, 1.807) is 0 Å². The summed E-state index contributed by atoms with van der Waals surface area (Å²) in [6, 6.07) is 0. The van der Waals surface area contributed by atoms with E-state index in [0.29, 0.717) is 47.4 Å². The van der Waals surface area contributed by atoms with Crippen LogP contribution in [-0.4, -0.2) is 29.8 Å². The second-order valence-corrected chi connectivity index (χ2v) is 13.2. The first-order valence-corrected chi connectivity index (χ1v) is 13.2. The van der Waals surface area contributed by atoms with Crippen LogP contribution in [0.2, 0.25) is 0 Å². The zero-order valence-electron chi connectivity index (χ0n) is 20.1. The van der Waals surface area contributed by atoms with E-state index in [0.717, 1.165) is 51.6 Å². The third-order valence-electron chi connectivity index (χ3n) is 11.9. The fourth-order valence-electron chi connectivity index (χ4n) is 10.3. The van der Waals surface area contributed by atoms with Crippen molar-refractivity contribution in [1.29, 1.82) is 0 Å². The van der Waals surface area contributed by atoms with Crippen molar-refractivity contribution < 1.29 is 14.3 Å². The minimum atomic E-state index is -0.345. The van der Waals surface area contributed by atoms with Crippen LogP contribution in [0.25, 0.3) is 0 Å². The van der Waals surface area contributed by atoms with Crippen molar-refractivity contribution in [3.05, 3.63) is 0 Å². The van der Waals surface area contributed by atoms with Crippen molar-refractivity contribution in [1.82, 2.24) is 0 Å². The summed E-state index contributed by atoms with van der Waals surface area (Å²) in [5.41, 5.74) is 7.93. The Morgan fingerprint density at radius 1 is 0.968 bits per heavy atom. The van der Waals surface area contributed by atoms with Gasteiger partial charge in [-0.15, -0.1) is 0 Å². The molecule has 6 rings (SSSR count). The maximum absolute atomic E-state index is 12.2. The average Bonchev–Trinajstić information content (AvgIpc) is 3.17. The smallest absolute Gasteiger partial charge is 0.171 e. The Labute approximate surface area is 188 Å². The van der Waals surface area contributed by atoms with Gasteiger partial charge in [-0.25, -0.2) is 0 Å². The molecule has 2 heterocycles. The van der Waals surface area contributed by atoms with E-state index in [-0.39, 0.29) is 22.2 Å². The Kier molecular flexibility index (Phi) is 4.47. The molecule has 174 valence electrons. The second kappa shape index (κ2) is 6.57. The van der Waals surface area contributed by atoms with Crippen molar-refractivity contribution in [2.24, 2.45) is 52.1 Å². The largest absolute Gasteiger partial charge is 0.349 e. The van der Waals surface area contributed by atoms with Crippen LogP contribution in [0.15, 0.2) is 0 Å². The van der Waals surface area contributed by atoms with E-state index in [9.17, 15) is 4.79 Å². The van der Waals surface area contributed by atoms with E-state index in [4.69, 9.17) is 15.2 Å². The van der Waals surface area contributed by atoms with Crippen LogP contribution in [0, 0.1) is 46.3 Å². The lowest BCUT2D eigenvalue weighted by Crippen LogP contribution is -2.68. The standard InChI is InChI=1S/C27H43NO3/c1-16-5-12-27(30-15-16)17(2)23-20(31-27)14-22-25(23,4)10-8-21-24(3)9-7-19(29)13-18(24)6-11-26(21,22)28/h16-18,20-23H,5-15,28H2,1-4H3/t16?,17-,18+,20-,21+,22+,23-,24-,25-,26-,27+/m0/s1. The molecule has 31 heavy (non-hydrogen) atoms. The van der Waals surface area contributed by atoms with Crippen molar-refractivity contribution in [3.8, 4) is 0 Å². The highest BCUT2D eigenvalue weighted by molar-refractivity contribution is 5.79. The third kappa shape index (κ3) is 2.62. The number of hydrogen-bond donors (Lipinski definition) is 1. The molecule has 4 aliphatic carbocycles. The minimum Gasteiger partial charge on any atom is -0.349 e. The molecule has 11 atom stereocenters. The summed E-state index contributed by atoms with van der Waals surface area (Å²) in [6.45, 7) is 10.6. The molecule has 4 nitrogen and oxygen atoms in total. The van der Waals surface area contributed by atoms with E-state index < -0.39 is 0 Å². The lowest BCUT2D eigenvalue weighted by Gasteiger charge is -2.65. The third-order valence-corrected chi connectivity index (χ3v) is 11.9. The molecule has 0 bridgehead atoms. The summed E-state index contributed by atoms with van der Waals surface area (Å²) in [6.07, 6.45) is 11.0. The SMILES string of the molecule is CC1CC[C@@]2(OC1)O[C@H]1C[C@@H]3[C@](C)(CC[C@@H]4[C@@]5(C)CCC(=O)C[C@H]5CC[C@]43N)[C@H]1[C@@H]2C. The molecule has 2 aliphatic heterocycles. The molecule has 0 amide bonds. The van der Waals surface area contributed by atoms with Crippen LogP contribution in [0.4, 0.5) is 0 Å². The summed E-state index contributed by atoms with van der Waals surface area (Å²) in [4.78, 5) is 12.2. The summed E-state index contributed by atoms with van der Waals surface area (Å²) in [5.74, 6) is 3.43. The zero-order valence-corrected chi connectivity index (χ0v) is 20.1. The first kappa shape index (κ1) is 21.1. The van der Waals surface area contributed by atoms with E-state index in [1.807, 2.05) is 0 Å². The number of hydrogen-bond acceptors (Lipinski definition) is 4. The number of Topliss-reactive ketones (excluding diaryl/α,β-unsaturated/α-hetero) is 1. The molecule has 6 aliphatic rings. The van der Waals surface area contributed by atoms with Crippen LogP contribution in [-0.2, 0) is 14.3 Å². The van der Waals surface area contributed by atoms with Gasteiger partial charge in [-0.1, -0.05) is 27.7 Å². The van der Waals surface area contributed by atoms with Gasteiger partial charge < -0.3 is 15.2 Å². The van der Waals surface area contributed by atoms with Gasteiger partial charge in [-0.3, -0.25) is 4.79 Å². The van der Waals surface area contributed by atoms with Gasteiger partial charge >= 0.3 is 0 Å². The number of ether oxygens (including phenoxy) is 2. The maximum Gasteiger partial charge on any atom is 0.171 e. The molecular formula is C27H43NO3. The normalized spacial score (nSPS) is 60.9. The molecule has 1 spiro atoms. The summed E-state index contributed by atoms with van der Waals surface area (Å²) in [7, 11) is 0. The van der Waals surface area contributed by atoms with Crippen molar-refractivity contribution in [2.75, 3.05) is 6.61 Å². The van der Waals surface area contributed by atoms with Gasteiger partial charge in [0, 0.05) is 30.7 Å². The molecule has 0 aromatic carbocycles. The van der Waals surface area contributed by atoms with Crippen LogP contribution in [0.1, 0.15) is 91.9 Å². The number of rotatable bonds is 0. The molecule has 0 aromatic rings. The van der Waals surface area contributed by atoms with Crippen molar-refractivity contribution in [2.45, 2.75) is 109 Å².